The number of ether oxygens (including phenoxy) is 1. The lowest BCUT2D eigenvalue weighted by atomic mass is 10.1. The van der Waals surface area contributed by atoms with Crippen molar-refractivity contribution in [1.29, 1.82) is 0 Å². The van der Waals surface area contributed by atoms with Gasteiger partial charge in [-0.2, -0.15) is 0 Å². The van der Waals surface area contributed by atoms with E-state index in [4.69, 9.17) is 17.0 Å². The molecule has 0 aliphatic rings. The van der Waals surface area contributed by atoms with E-state index in [1.54, 1.807) is 5.01 Å². The molecule has 0 fully saturated rings. The van der Waals surface area contributed by atoms with Gasteiger partial charge in [-0.05, 0) is 12.5 Å². The van der Waals surface area contributed by atoms with Gasteiger partial charge >= 0.3 is 5.97 Å². The van der Waals surface area contributed by atoms with Crippen LogP contribution >= 0.6 is 23.6 Å². The maximum atomic E-state index is 12.1. The van der Waals surface area contributed by atoms with E-state index < -0.39 is 6.04 Å². The first-order valence-corrected chi connectivity index (χ1v) is 8.03. The molecular formula is C15H17N3O2S2. The van der Waals surface area contributed by atoms with Crippen LogP contribution in [0.15, 0.2) is 35.7 Å². The number of thiazole rings is 1. The van der Waals surface area contributed by atoms with Crippen molar-refractivity contribution in [2.45, 2.75) is 19.4 Å². The third-order valence-corrected chi connectivity index (χ3v) is 4.13. The third kappa shape index (κ3) is 4.25. The van der Waals surface area contributed by atoms with Crippen molar-refractivity contribution in [3.8, 4) is 0 Å². The predicted octanol–water partition coefficient (Wildman–Crippen LogP) is 2.82. The second kappa shape index (κ2) is 7.86. The second-order valence-electron chi connectivity index (χ2n) is 4.65. The number of aryl methyl sites for hydroxylation is 1. The second-order valence-corrected chi connectivity index (χ2v) is 5.72. The molecule has 0 saturated heterocycles. The number of carbonyl (C=O) groups is 1. The molecule has 7 heteroatoms. The van der Waals surface area contributed by atoms with Crippen LogP contribution in [-0.2, 0) is 16.0 Å². The molecule has 0 amide bonds. The van der Waals surface area contributed by atoms with Crippen molar-refractivity contribution in [2.24, 2.45) is 0 Å². The predicted molar refractivity (Wildman–Crippen MR) is 91.9 cm³/mol. The number of nitrogens with zero attached hydrogens (tertiary/aromatic N) is 2. The van der Waals surface area contributed by atoms with Gasteiger partial charge in [-0.1, -0.05) is 42.5 Å². The van der Waals surface area contributed by atoms with Crippen LogP contribution in [0, 0.1) is 6.92 Å². The minimum atomic E-state index is -0.561. The maximum Gasteiger partial charge on any atom is 0.330 e. The van der Waals surface area contributed by atoms with Crippen LogP contribution < -0.4 is 5.43 Å². The summed E-state index contributed by atoms with van der Waals surface area (Å²) in [4.78, 5) is 16.4. The van der Waals surface area contributed by atoms with E-state index in [9.17, 15) is 4.79 Å². The first kappa shape index (κ1) is 16.4. The standard InChI is InChI=1S/C15H17N3O2S2/c1-11-9-22-15(16-11)17-18(10-21)13(14(19)20-2)8-12-6-4-3-5-7-12/h3-7,9-10,13H,8H2,1-2H3,(H,16,17). The summed E-state index contributed by atoms with van der Waals surface area (Å²) in [6, 6.07) is 9.17. The summed E-state index contributed by atoms with van der Waals surface area (Å²) < 4.78 is 4.91. The SMILES string of the molecule is COC(=O)C(Cc1ccccc1)N(C=S)Nc1nc(C)cs1. The number of benzene rings is 1. The number of rotatable bonds is 7. The maximum absolute atomic E-state index is 12.1. The Kier molecular flexibility index (Phi) is 5.85. The van der Waals surface area contributed by atoms with Crippen molar-refractivity contribution in [1.82, 2.24) is 9.99 Å². The fourth-order valence-electron chi connectivity index (χ4n) is 1.96. The zero-order valence-corrected chi connectivity index (χ0v) is 14.0. The van der Waals surface area contributed by atoms with Gasteiger partial charge in [0.25, 0.3) is 0 Å². The monoisotopic (exact) mass is 335 g/mol. The average Bonchev–Trinajstić information content (AvgIpc) is 2.96. The van der Waals surface area contributed by atoms with Gasteiger partial charge < -0.3 is 4.74 Å². The van der Waals surface area contributed by atoms with Gasteiger partial charge in [0.2, 0.25) is 5.13 Å². The summed E-state index contributed by atoms with van der Waals surface area (Å²) in [5, 5.41) is 4.17. The highest BCUT2D eigenvalue weighted by Crippen LogP contribution is 2.17. The zero-order chi connectivity index (χ0) is 15.9. The quantitative estimate of drug-likeness (QED) is 0.477. The highest BCUT2D eigenvalue weighted by atomic mass is 32.1. The molecule has 0 spiro atoms. The number of nitrogens with one attached hydrogen (secondary N) is 1. The molecule has 0 bridgehead atoms. The normalized spacial score (nSPS) is 11.5. The highest BCUT2D eigenvalue weighted by molar-refractivity contribution is 7.78. The van der Waals surface area contributed by atoms with Crippen LogP contribution in [0.1, 0.15) is 11.3 Å². The van der Waals surface area contributed by atoms with Crippen molar-refractivity contribution in [3.63, 3.8) is 0 Å². The molecule has 2 rings (SSSR count). The van der Waals surface area contributed by atoms with Gasteiger partial charge in [0, 0.05) is 11.8 Å². The molecular weight excluding hydrogens is 318 g/mol. The largest absolute Gasteiger partial charge is 0.467 e. The van der Waals surface area contributed by atoms with Crippen LogP contribution in [0.2, 0.25) is 0 Å². The molecule has 2 aromatic rings. The number of hydrogen-bond acceptors (Lipinski definition) is 6. The molecule has 0 radical (unpaired) electrons. The fraction of sp³-hybridized carbons (Fsp3) is 0.267. The van der Waals surface area contributed by atoms with Gasteiger partial charge in [0.05, 0.1) is 18.3 Å². The van der Waals surface area contributed by atoms with Gasteiger partial charge in [-0.15, -0.1) is 11.3 Å². The molecule has 1 atom stereocenters. The molecule has 1 heterocycles. The van der Waals surface area contributed by atoms with Crippen LogP contribution in [-0.4, -0.2) is 34.6 Å². The molecule has 1 aromatic carbocycles. The lowest BCUT2D eigenvalue weighted by Gasteiger charge is -2.27. The molecule has 0 aliphatic heterocycles. The lowest BCUT2D eigenvalue weighted by Crippen LogP contribution is -2.45. The van der Waals surface area contributed by atoms with E-state index in [1.807, 2.05) is 42.6 Å². The highest BCUT2D eigenvalue weighted by Gasteiger charge is 2.26. The number of thiocarbonyl (C=S) groups is 1. The zero-order valence-electron chi connectivity index (χ0n) is 12.4. The number of aromatic nitrogens is 1. The van der Waals surface area contributed by atoms with Crippen LogP contribution in [0.5, 0.6) is 0 Å². The summed E-state index contributed by atoms with van der Waals surface area (Å²) in [5.74, 6) is -0.356. The van der Waals surface area contributed by atoms with Crippen molar-refractivity contribution < 1.29 is 9.53 Å². The molecule has 116 valence electrons. The molecule has 5 nitrogen and oxygen atoms in total. The lowest BCUT2D eigenvalue weighted by molar-refractivity contribution is -0.144. The topological polar surface area (TPSA) is 54.5 Å². The van der Waals surface area contributed by atoms with Gasteiger partial charge in [-0.25, -0.2) is 9.78 Å². The number of anilines is 1. The van der Waals surface area contributed by atoms with Crippen molar-refractivity contribution in [2.75, 3.05) is 12.5 Å². The Bertz CT molecular complexity index is 631. The number of carbonyl (C=O) groups excluding carboxylic acids is 1. The number of methoxy groups -OCH3 is 1. The smallest absolute Gasteiger partial charge is 0.330 e. The average molecular weight is 335 g/mol. The van der Waals surface area contributed by atoms with Crippen molar-refractivity contribution >= 4 is 40.1 Å². The Labute approximate surface area is 138 Å². The third-order valence-electron chi connectivity index (χ3n) is 3.04. The van der Waals surface area contributed by atoms with Crippen molar-refractivity contribution in [3.05, 3.63) is 47.0 Å². The first-order chi connectivity index (χ1) is 10.6. The Balaban J connectivity index is 2.18. The Morgan fingerprint density at radius 2 is 2.23 bits per heavy atom. The molecule has 22 heavy (non-hydrogen) atoms. The molecule has 0 aliphatic carbocycles. The fourth-order valence-corrected chi connectivity index (χ4v) is 2.85. The molecule has 1 N–H and O–H groups in total. The van der Waals surface area contributed by atoms with Gasteiger partial charge in [0.15, 0.2) is 6.04 Å². The minimum Gasteiger partial charge on any atom is -0.467 e. The van der Waals surface area contributed by atoms with E-state index in [1.165, 1.54) is 23.9 Å². The van der Waals surface area contributed by atoms with E-state index in [0.717, 1.165) is 11.3 Å². The summed E-state index contributed by atoms with van der Waals surface area (Å²) in [6.07, 6.45) is 0.484. The van der Waals surface area contributed by atoms with E-state index in [-0.39, 0.29) is 5.97 Å². The summed E-state index contributed by atoms with van der Waals surface area (Å²) >= 11 is 6.50. The van der Waals surface area contributed by atoms with E-state index in [0.29, 0.717) is 11.6 Å². The van der Waals surface area contributed by atoms with Gasteiger partial charge in [0.1, 0.15) is 0 Å². The molecule has 1 unspecified atom stereocenters. The van der Waals surface area contributed by atoms with E-state index >= 15 is 0 Å². The molecule has 0 saturated carbocycles. The number of hydrogen-bond donors (Lipinski definition) is 1. The summed E-state index contributed by atoms with van der Waals surface area (Å²) in [5.41, 5.74) is 6.41. The van der Waals surface area contributed by atoms with Crippen LogP contribution in [0.25, 0.3) is 0 Å². The van der Waals surface area contributed by atoms with Gasteiger partial charge in [-0.3, -0.25) is 10.4 Å². The summed E-state index contributed by atoms with van der Waals surface area (Å²) in [7, 11) is 1.37. The Morgan fingerprint density at radius 1 is 1.50 bits per heavy atom. The number of hydrazine groups is 1. The van der Waals surface area contributed by atoms with E-state index in [2.05, 4.69) is 10.4 Å². The van der Waals surface area contributed by atoms with Crippen LogP contribution in [0.3, 0.4) is 0 Å². The minimum absolute atomic E-state index is 0.356. The molecule has 1 aromatic heterocycles. The van der Waals surface area contributed by atoms with Crippen LogP contribution in [0.4, 0.5) is 5.13 Å². The Morgan fingerprint density at radius 3 is 2.77 bits per heavy atom. The summed E-state index contributed by atoms with van der Waals surface area (Å²) in [6.45, 7) is 1.91. The number of esters is 1. The first-order valence-electron chi connectivity index (χ1n) is 6.68. The Hall–Kier alpha value is -1.99.